The Labute approximate surface area is 140 Å². The molecule has 3 heterocycles. The highest BCUT2D eigenvalue weighted by molar-refractivity contribution is 6.30. The summed E-state index contributed by atoms with van der Waals surface area (Å²) in [6.45, 7) is 3.03. The van der Waals surface area contributed by atoms with Crippen molar-refractivity contribution in [1.29, 1.82) is 0 Å². The van der Waals surface area contributed by atoms with Crippen molar-refractivity contribution in [3.8, 4) is 0 Å². The van der Waals surface area contributed by atoms with Gasteiger partial charge >= 0.3 is 0 Å². The van der Waals surface area contributed by atoms with Crippen LogP contribution in [0.15, 0.2) is 36.0 Å². The summed E-state index contributed by atoms with van der Waals surface area (Å²) in [5, 5.41) is 0.533. The molecule has 3 fully saturated rings. The molecule has 0 aliphatic carbocycles. The zero-order valence-electron chi connectivity index (χ0n) is 12.9. The summed E-state index contributed by atoms with van der Waals surface area (Å²) in [5.74, 6) is -1.36. The molecule has 4 rings (SSSR count). The Morgan fingerprint density at radius 3 is 2.35 bits per heavy atom. The number of fused-ring (bicyclic) bond motifs is 3. The standard InChI is InChI=1S/C18H18ClNO3/c1-11(21)15(17(22)12-2-4-14(19)5-3-12)10-16-18(23)13-6-8-20(16)9-7-13/h2-5,10,13,15H,6-9H2,1H3/b16-10-. The van der Waals surface area contributed by atoms with Crippen LogP contribution in [0.5, 0.6) is 0 Å². The van der Waals surface area contributed by atoms with E-state index in [9.17, 15) is 14.4 Å². The van der Waals surface area contributed by atoms with Gasteiger partial charge in [-0.3, -0.25) is 14.4 Å². The van der Waals surface area contributed by atoms with Crippen molar-refractivity contribution >= 4 is 29.0 Å². The molecule has 1 aromatic carbocycles. The summed E-state index contributed by atoms with van der Waals surface area (Å²) in [7, 11) is 0. The van der Waals surface area contributed by atoms with Gasteiger partial charge in [-0.1, -0.05) is 11.6 Å². The molecule has 0 radical (unpaired) electrons. The number of carbonyl (C=O) groups is 3. The molecule has 0 N–H and O–H groups in total. The SMILES string of the molecule is CC(=O)C(/C=C1/C(=O)C2CCN1CC2)C(=O)c1ccc(Cl)cc1. The summed E-state index contributed by atoms with van der Waals surface area (Å²) in [6.07, 6.45) is 3.30. The van der Waals surface area contributed by atoms with E-state index in [4.69, 9.17) is 11.6 Å². The van der Waals surface area contributed by atoms with Crippen molar-refractivity contribution in [1.82, 2.24) is 4.90 Å². The van der Waals surface area contributed by atoms with Crippen LogP contribution < -0.4 is 0 Å². The molecule has 3 aliphatic heterocycles. The second-order valence-electron chi connectivity index (χ2n) is 6.14. The number of benzene rings is 1. The number of Topliss-reactive ketones (excluding diaryl/α,β-unsaturated/α-hetero) is 3. The van der Waals surface area contributed by atoms with Crippen LogP contribution in [0.1, 0.15) is 30.1 Å². The van der Waals surface area contributed by atoms with E-state index >= 15 is 0 Å². The second kappa shape index (κ2) is 6.28. The molecule has 23 heavy (non-hydrogen) atoms. The monoisotopic (exact) mass is 331 g/mol. The maximum Gasteiger partial charge on any atom is 0.181 e. The first kappa shape index (κ1) is 15.9. The van der Waals surface area contributed by atoms with Crippen molar-refractivity contribution in [2.75, 3.05) is 13.1 Å². The quantitative estimate of drug-likeness (QED) is 0.483. The lowest BCUT2D eigenvalue weighted by molar-refractivity contribution is -0.125. The largest absolute Gasteiger partial charge is 0.369 e. The van der Waals surface area contributed by atoms with E-state index in [0.29, 0.717) is 16.3 Å². The first-order valence-corrected chi connectivity index (χ1v) is 8.16. The molecule has 5 heteroatoms. The lowest BCUT2D eigenvalue weighted by Gasteiger charge is -2.41. The minimum Gasteiger partial charge on any atom is -0.369 e. The fraction of sp³-hybridized carbons (Fsp3) is 0.389. The van der Waals surface area contributed by atoms with Gasteiger partial charge in [0.15, 0.2) is 11.6 Å². The Hall–Kier alpha value is -1.94. The molecule has 2 bridgehead atoms. The molecule has 3 aliphatic rings. The predicted octanol–water partition coefficient (Wildman–Crippen LogP) is 2.91. The maximum absolute atomic E-state index is 12.6. The normalized spacial score (nSPS) is 20.9. The molecular formula is C18H18ClNO3. The topological polar surface area (TPSA) is 54.5 Å². The Kier molecular flexibility index (Phi) is 4.35. The Morgan fingerprint density at radius 1 is 1.22 bits per heavy atom. The average Bonchev–Trinajstić information content (AvgIpc) is 2.55. The second-order valence-corrected chi connectivity index (χ2v) is 6.57. The first-order valence-electron chi connectivity index (χ1n) is 7.78. The molecule has 1 aromatic rings. The van der Waals surface area contributed by atoms with Crippen molar-refractivity contribution in [2.45, 2.75) is 19.8 Å². The number of rotatable bonds is 4. The summed E-state index contributed by atoms with van der Waals surface area (Å²) in [5.41, 5.74) is 0.963. The summed E-state index contributed by atoms with van der Waals surface area (Å²) in [4.78, 5) is 39.0. The Bertz CT molecular complexity index is 685. The summed E-state index contributed by atoms with van der Waals surface area (Å²) >= 11 is 5.83. The fourth-order valence-electron chi connectivity index (χ4n) is 3.26. The van der Waals surface area contributed by atoms with E-state index < -0.39 is 5.92 Å². The van der Waals surface area contributed by atoms with Gasteiger partial charge < -0.3 is 4.90 Å². The van der Waals surface area contributed by atoms with Crippen LogP contribution in [0.25, 0.3) is 0 Å². The van der Waals surface area contributed by atoms with Crippen LogP contribution >= 0.6 is 11.6 Å². The number of piperidine rings is 3. The molecule has 0 amide bonds. The predicted molar refractivity (Wildman–Crippen MR) is 87.3 cm³/mol. The molecule has 0 spiro atoms. The summed E-state index contributed by atoms with van der Waals surface area (Å²) < 4.78 is 0. The number of hydrogen-bond donors (Lipinski definition) is 0. The molecular weight excluding hydrogens is 314 g/mol. The van der Waals surface area contributed by atoms with Gasteiger partial charge in [0.05, 0.1) is 5.70 Å². The molecule has 0 saturated carbocycles. The molecule has 1 unspecified atom stereocenters. The van der Waals surface area contributed by atoms with Crippen molar-refractivity contribution < 1.29 is 14.4 Å². The smallest absolute Gasteiger partial charge is 0.181 e. The van der Waals surface area contributed by atoms with Crippen LogP contribution in [0.4, 0.5) is 0 Å². The number of allylic oxidation sites excluding steroid dienone is 2. The minimum absolute atomic E-state index is 0.0458. The van der Waals surface area contributed by atoms with Gasteiger partial charge in [-0.05, 0) is 50.1 Å². The molecule has 1 atom stereocenters. The lowest BCUT2D eigenvalue weighted by atomic mass is 9.82. The van der Waals surface area contributed by atoms with Gasteiger partial charge in [-0.25, -0.2) is 0 Å². The van der Waals surface area contributed by atoms with E-state index in [1.165, 1.54) is 6.92 Å². The highest BCUT2D eigenvalue weighted by atomic mass is 35.5. The van der Waals surface area contributed by atoms with Crippen molar-refractivity contribution in [2.24, 2.45) is 11.8 Å². The minimum atomic E-state index is -0.922. The van der Waals surface area contributed by atoms with Crippen LogP contribution in [0.2, 0.25) is 5.02 Å². The van der Waals surface area contributed by atoms with Crippen molar-refractivity contribution in [3.05, 3.63) is 46.6 Å². The van der Waals surface area contributed by atoms with Crippen molar-refractivity contribution in [3.63, 3.8) is 0 Å². The van der Waals surface area contributed by atoms with Gasteiger partial charge in [0, 0.05) is 29.6 Å². The summed E-state index contributed by atoms with van der Waals surface area (Å²) in [6, 6.07) is 6.45. The molecule has 4 nitrogen and oxygen atoms in total. The fourth-order valence-corrected chi connectivity index (χ4v) is 3.39. The number of halogens is 1. The third-order valence-electron chi connectivity index (χ3n) is 4.63. The molecule has 120 valence electrons. The highest BCUT2D eigenvalue weighted by Gasteiger charge is 2.37. The average molecular weight is 332 g/mol. The zero-order chi connectivity index (χ0) is 16.6. The number of hydrogen-bond acceptors (Lipinski definition) is 4. The third kappa shape index (κ3) is 3.08. The number of ketones is 3. The number of nitrogens with zero attached hydrogens (tertiary/aromatic N) is 1. The Morgan fingerprint density at radius 2 is 1.83 bits per heavy atom. The Balaban J connectivity index is 1.91. The first-order chi connectivity index (χ1) is 11.0. The van der Waals surface area contributed by atoms with Crippen LogP contribution in [0.3, 0.4) is 0 Å². The van der Waals surface area contributed by atoms with Crippen LogP contribution in [-0.4, -0.2) is 35.3 Å². The zero-order valence-corrected chi connectivity index (χ0v) is 13.7. The van der Waals surface area contributed by atoms with Gasteiger partial charge in [-0.2, -0.15) is 0 Å². The van der Waals surface area contributed by atoms with E-state index in [-0.39, 0.29) is 23.3 Å². The van der Waals surface area contributed by atoms with Gasteiger partial charge in [-0.15, -0.1) is 0 Å². The maximum atomic E-state index is 12.6. The lowest BCUT2D eigenvalue weighted by Crippen LogP contribution is -2.46. The van der Waals surface area contributed by atoms with Crippen LogP contribution in [0, 0.1) is 11.8 Å². The van der Waals surface area contributed by atoms with Crippen LogP contribution in [-0.2, 0) is 9.59 Å². The van der Waals surface area contributed by atoms with E-state index in [2.05, 4.69) is 0 Å². The van der Waals surface area contributed by atoms with E-state index in [0.717, 1.165) is 25.9 Å². The highest BCUT2D eigenvalue weighted by Crippen LogP contribution is 2.32. The number of carbonyl (C=O) groups excluding carboxylic acids is 3. The third-order valence-corrected chi connectivity index (χ3v) is 4.88. The molecule has 3 saturated heterocycles. The van der Waals surface area contributed by atoms with E-state index in [1.54, 1.807) is 30.3 Å². The molecule has 0 aromatic heterocycles. The van der Waals surface area contributed by atoms with Gasteiger partial charge in [0.1, 0.15) is 11.7 Å². The van der Waals surface area contributed by atoms with Gasteiger partial charge in [0.2, 0.25) is 0 Å². The van der Waals surface area contributed by atoms with E-state index in [1.807, 2.05) is 4.90 Å². The van der Waals surface area contributed by atoms with Gasteiger partial charge in [0.25, 0.3) is 0 Å².